The second-order valence-electron chi connectivity index (χ2n) is 6.89. The van der Waals surface area contributed by atoms with Crippen LogP contribution in [0.3, 0.4) is 0 Å². The van der Waals surface area contributed by atoms with Gasteiger partial charge in [-0.1, -0.05) is 12.1 Å². The zero-order chi connectivity index (χ0) is 20.6. The molecule has 3 rings (SSSR count). The van der Waals surface area contributed by atoms with Gasteiger partial charge < -0.3 is 19.3 Å². The van der Waals surface area contributed by atoms with Gasteiger partial charge in [-0.15, -0.1) is 0 Å². The molecule has 2 aromatic rings. The molecule has 0 aliphatic carbocycles. The summed E-state index contributed by atoms with van der Waals surface area (Å²) < 4.78 is 10.1. The van der Waals surface area contributed by atoms with Gasteiger partial charge >= 0.3 is 5.97 Å². The molecule has 2 heterocycles. The maximum absolute atomic E-state index is 12.9. The molecule has 154 valence electrons. The number of pyridine rings is 1. The van der Waals surface area contributed by atoms with E-state index in [-0.39, 0.29) is 11.9 Å². The molecule has 1 saturated heterocycles. The Morgan fingerprint density at radius 2 is 1.76 bits per heavy atom. The van der Waals surface area contributed by atoms with Gasteiger partial charge in [0.2, 0.25) is 0 Å². The van der Waals surface area contributed by atoms with Crippen LogP contribution in [0.25, 0.3) is 0 Å². The van der Waals surface area contributed by atoms with E-state index in [2.05, 4.69) is 9.88 Å². The van der Waals surface area contributed by atoms with Crippen LogP contribution in [0, 0.1) is 0 Å². The standard InChI is InChI=1S/C22H27N3O4/c1-3-29-22(27)19-9-10-20(23-15-19)24-11-4-12-25(14-13-24)21(26)18-7-5-17(6-8-18)16-28-2/h5-10,15H,3-4,11-14,16H2,1-2H3. The van der Waals surface area contributed by atoms with Gasteiger partial charge in [0, 0.05) is 45.0 Å². The van der Waals surface area contributed by atoms with Crippen molar-refractivity contribution in [2.24, 2.45) is 0 Å². The van der Waals surface area contributed by atoms with E-state index in [4.69, 9.17) is 9.47 Å². The average molecular weight is 397 g/mol. The molecule has 1 amide bonds. The predicted octanol–water partition coefficient (Wildman–Crippen LogP) is 2.76. The number of hydrogen-bond donors (Lipinski definition) is 0. The lowest BCUT2D eigenvalue weighted by atomic mass is 10.1. The van der Waals surface area contributed by atoms with Gasteiger partial charge in [0.15, 0.2) is 0 Å². The van der Waals surface area contributed by atoms with Crippen molar-refractivity contribution in [2.75, 3.05) is 44.8 Å². The van der Waals surface area contributed by atoms with E-state index in [0.717, 1.165) is 24.3 Å². The summed E-state index contributed by atoms with van der Waals surface area (Å²) in [7, 11) is 1.65. The zero-order valence-electron chi connectivity index (χ0n) is 17.0. The van der Waals surface area contributed by atoms with Gasteiger partial charge in [-0.05, 0) is 43.2 Å². The van der Waals surface area contributed by atoms with E-state index in [9.17, 15) is 9.59 Å². The average Bonchev–Trinajstić information content (AvgIpc) is 3.01. The molecule has 1 aromatic heterocycles. The molecular weight excluding hydrogens is 370 g/mol. The minimum atomic E-state index is -0.365. The predicted molar refractivity (Wildman–Crippen MR) is 110 cm³/mol. The van der Waals surface area contributed by atoms with Crippen molar-refractivity contribution < 1.29 is 19.1 Å². The Hall–Kier alpha value is -2.93. The monoisotopic (exact) mass is 397 g/mol. The number of nitrogens with zero attached hydrogens (tertiary/aromatic N) is 3. The number of amides is 1. The lowest BCUT2D eigenvalue weighted by Crippen LogP contribution is -2.35. The van der Waals surface area contributed by atoms with E-state index < -0.39 is 0 Å². The molecular formula is C22H27N3O4. The van der Waals surface area contributed by atoms with E-state index in [1.54, 1.807) is 26.3 Å². The highest BCUT2D eigenvalue weighted by molar-refractivity contribution is 5.94. The van der Waals surface area contributed by atoms with E-state index in [0.29, 0.717) is 44.0 Å². The van der Waals surface area contributed by atoms with E-state index in [1.807, 2.05) is 35.2 Å². The Kier molecular flexibility index (Phi) is 7.19. The summed E-state index contributed by atoms with van der Waals surface area (Å²) in [6.45, 7) is 5.48. The molecule has 0 N–H and O–H groups in total. The van der Waals surface area contributed by atoms with Crippen LogP contribution in [-0.4, -0.2) is 61.7 Å². The maximum atomic E-state index is 12.9. The molecule has 1 aliphatic rings. The molecule has 0 saturated carbocycles. The first-order valence-electron chi connectivity index (χ1n) is 9.87. The summed E-state index contributed by atoms with van der Waals surface area (Å²) in [5.74, 6) is 0.480. The van der Waals surface area contributed by atoms with Crippen molar-refractivity contribution in [2.45, 2.75) is 20.0 Å². The SMILES string of the molecule is CCOC(=O)c1ccc(N2CCCN(C(=O)c3ccc(COC)cc3)CC2)nc1. The van der Waals surface area contributed by atoms with Crippen LogP contribution in [0.5, 0.6) is 0 Å². The number of anilines is 1. The summed E-state index contributed by atoms with van der Waals surface area (Å²) in [6, 6.07) is 11.1. The summed E-state index contributed by atoms with van der Waals surface area (Å²) in [5.41, 5.74) is 2.18. The van der Waals surface area contributed by atoms with Crippen LogP contribution >= 0.6 is 0 Å². The smallest absolute Gasteiger partial charge is 0.339 e. The Balaban J connectivity index is 1.61. The second-order valence-corrected chi connectivity index (χ2v) is 6.89. The molecule has 1 fully saturated rings. The van der Waals surface area contributed by atoms with Crippen LogP contribution in [0.1, 0.15) is 39.6 Å². The van der Waals surface area contributed by atoms with E-state index in [1.165, 1.54) is 0 Å². The molecule has 1 aliphatic heterocycles. The van der Waals surface area contributed by atoms with Crippen LogP contribution in [0.4, 0.5) is 5.82 Å². The fourth-order valence-corrected chi connectivity index (χ4v) is 3.35. The third-order valence-electron chi connectivity index (χ3n) is 4.88. The van der Waals surface area contributed by atoms with Gasteiger partial charge in [-0.2, -0.15) is 0 Å². The maximum Gasteiger partial charge on any atom is 0.339 e. The lowest BCUT2D eigenvalue weighted by Gasteiger charge is -2.23. The highest BCUT2D eigenvalue weighted by atomic mass is 16.5. The fraction of sp³-hybridized carbons (Fsp3) is 0.409. The van der Waals surface area contributed by atoms with Crippen LogP contribution < -0.4 is 4.90 Å². The first-order chi connectivity index (χ1) is 14.1. The third kappa shape index (κ3) is 5.32. The van der Waals surface area contributed by atoms with Crippen molar-refractivity contribution in [3.63, 3.8) is 0 Å². The Morgan fingerprint density at radius 3 is 2.41 bits per heavy atom. The van der Waals surface area contributed by atoms with Crippen molar-refractivity contribution in [3.05, 3.63) is 59.3 Å². The van der Waals surface area contributed by atoms with Crippen LogP contribution in [0.15, 0.2) is 42.6 Å². The molecule has 0 radical (unpaired) electrons. The summed E-state index contributed by atoms with van der Waals surface area (Å²) in [4.78, 5) is 33.1. The number of benzene rings is 1. The number of rotatable bonds is 6. The normalized spacial score (nSPS) is 14.4. The minimum Gasteiger partial charge on any atom is -0.462 e. The fourth-order valence-electron chi connectivity index (χ4n) is 3.35. The Morgan fingerprint density at radius 1 is 1.00 bits per heavy atom. The van der Waals surface area contributed by atoms with Crippen molar-refractivity contribution in [1.82, 2.24) is 9.88 Å². The molecule has 29 heavy (non-hydrogen) atoms. The number of esters is 1. The summed E-state index contributed by atoms with van der Waals surface area (Å²) >= 11 is 0. The topological polar surface area (TPSA) is 72.0 Å². The zero-order valence-corrected chi connectivity index (χ0v) is 17.0. The summed E-state index contributed by atoms with van der Waals surface area (Å²) in [5, 5.41) is 0. The third-order valence-corrected chi connectivity index (χ3v) is 4.88. The number of aromatic nitrogens is 1. The molecule has 1 aromatic carbocycles. The number of methoxy groups -OCH3 is 1. The van der Waals surface area contributed by atoms with Crippen LogP contribution in [-0.2, 0) is 16.1 Å². The van der Waals surface area contributed by atoms with Crippen molar-refractivity contribution >= 4 is 17.7 Å². The quantitative estimate of drug-likeness (QED) is 0.698. The van der Waals surface area contributed by atoms with Gasteiger partial charge in [0.05, 0.1) is 18.8 Å². The first kappa shape index (κ1) is 20.8. The van der Waals surface area contributed by atoms with Crippen molar-refractivity contribution in [3.8, 4) is 0 Å². The second kappa shape index (κ2) is 10.0. The lowest BCUT2D eigenvalue weighted by molar-refractivity contribution is 0.0525. The Bertz CT molecular complexity index is 821. The van der Waals surface area contributed by atoms with E-state index >= 15 is 0 Å². The number of hydrogen-bond acceptors (Lipinski definition) is 6. The highest BCUT2D eigenvalue weighted by Crippen LogP contribution is 2.16. The largest absolute Gasteiger partial charge is 0.462 e. The molecule has 0 spiro atoms. The van der Waals surface area contributed by atoms with Gasteiger partial charge in [0.25, 0.3) is 5.91 Å². The highest BCUT2D eigenvalue weighted by Gasteiger charge is 2.21. The Labute approximate surface area is 171 Å². The van der Waals surface area contributed by atoms with Crippen LogP contribution in [0.2, 0.25) is 0 Å². The molecule has 7 heteroatoms. The minimum absolute atomic E-state index is 0.0430. The first-order valence-corrected chi connectivity index (χ1v) is 9.87. The van der Waals surface area contributed by atoms with Gasteiger partial charge in [-0.3, -0.25) is 4.79 Å². The molecule has 0 bridgehead atoms. The molecule has 0 atom stereocenters. The molecule has 0 unspecified atom stereocenters. The number of carbonyl (C=O) groups excluding carboxylic acids is 2. The number of ether oxygens (including phenoxy) is 2. The number of carbonyl (C=O) groups is 2. The van der Waals surface area contributed by atoms with Gasteiger partial charge in [-0.25, -0.2) is 9.78 Å². The van der Waals surface area contributed by atoms with Crippen molar-refractivity contribution in [1.29, 1.82) is 0 Å². The summed E-state index contributed by atoms with van der Waals surface area (Å²) in [6.07, 6.45) is 2.40. The van der Waals surface area contributed by atoms with Gasteiger partial charge in [0.1, 0.15) is 5.82 Å². The molecule has 7 nitrogen and oxygen atoms in total.